The summed E-state index contributed by atoms with van der Waals surface area (Å²) in [5.41, 5.74) is 2.86. The van der Waals surface area contributed by atoms with Gasteiger partial charge in [-0.1, -0.05) is 157 Å². The molecule has 0 heteroatoms. The molecule has 0 amide bonds. The van der Waals surface area contributed by atoms with Gasteiger partial charge in [0.2, 0.25) is 0 Å². The van der Waals surface area contributed by atoms with E-state index in [1.54, 1.807) is 0 Å². The summed E-state index contributed by atoms with van der Waals surface area (Å²) in [6.07, 6.45) is 21.5. The molecule has 0 N–H and O–H groups in total. The van der Waals surface area contributed by atoms with Crippen LogP contribution in [0.1, 0.15) is 150 Å². The summed E-state index contributed by atoms with van der Waals surface area (Å²) in [5, 5.41) is 0. The van der Waals surface area contributed by atoms with E-state index in [0.29, 0.717) is 0 Å². The minimum absolute atomic E-state index is 1.02. The first-order valence-electron chi connectivity index (χ1n) is 15.9. The summed E-state index contributed by atoms with van der Waals surface area (Å²) in [6.45, 7) is 18.5. The van der Waals surface area contributed by atoms with Crippen LogP contribution in [0.15, 0.2) is 24.3 Å². The van der Waals surface area contributed by atoms with Crippen molar-refractivity contribution >= 4 is 0 Å². The molecule has 4 rings (SSSR count). The van der Waals surface area contributed by atoms with Gasteiger partial charge in [-0.2, -0.15) is 0 Å². The normalized spacial score (nSPS) is 30.1. The van der Waals surface area contributed by atoms with Gasteiger partial charge in [-0.15, -0.1) is 0 Å². The molecule has 1 aromatic rings. The molecule has 2 unspecified atom stereocenters. The summed E-state index contributed by atoms with van der Waals surface area (Å²) in [7, 11) is 0. The molecule has 0 spiro atoms. The molecule has 204 valence electrons. The van der Waals surface area contributed by atoms with Crippen molar-refractivity contribution < 1.29 is 0 Å². The summed E-state index contributed by atoms with van der Waals surface area (Å²) in [5.74, 6) is 6.23. The van der Waals surface area contributed by atoms with E-state index in [1.807, 2.05) is 0 Å². The van der Waals surface area contributed by atoms with E-state index in [2.05, 4.69) is 79.7 Å². The highest BCUT2D eigenvalue weighted by atomic mass is 14.2. The standard InChI is InChI=1S/C10H20.C10H14.C8H16.C7H14/c2*1-3-9-5-7-10(4-2)8-6-9;1-7-3-5-8(2)6-4-7;1-6-3-4-7(2)5-6/h9-10H,3-8H2,1-2H3;5-8H,3-4H2,1-2H3;7-8H,3-6H2,1-2H3;6-7H,3-5H2,1-2H3. The zero-order chi connectivity index (χ0) is 26.1. The molecule has 0 bridgehead atoms. The zero-order valence-electron chi connectivity index (χ0n) is 25.4. The van der Waals surface area contributed by atoms with Crippen LogP contribution < -0.4 is 0 Å². The maximum absolute atomic E-state index is 2.37. The van der Waals surface area contributed by atoms with Crippen molar-refractivity contribution in [2.75, 3.05) is 0 Å². The molecule has 0 radical (unpaired) electrons. The smallest absolute Gasteiger partial charge is 0.0307 e. The van der Waals surface area contributed by atoms with Gasteiger partial charge in [-0.05, 0) is 65.9 Å². The van der Waals surface area contributed by atoms with E-state index in [1.165, 1.54) is 94.6 Å². The third kappa shape index (κ3) is 15.2. The molecule has 1 aromatic carbocycles. The zero-order valence-corrected chi connectivity index (χ0v) is 25.4. The molecule has 3 aliphatic carbocycles. The summed E-state index contributed by atoms with van der Waals surface area (Å²) in [4.78, 5) is 0. The largest absolute Gasteiger partial charge is 0.0651 e. The maximum atomic E-state index is 2.37. The molecule has 2 atom stereocenters. The Labute approximate surface area is 222 Å². The lowest BCUT2D eigenvalue weighted by Crippen LogP contribution is -2.12. The highest BCUT2D eigenvalue weighted by Gasteiger charge is 2.18. The Balaban J connectivity index is 0.000000236. The summed E-state index contributed by atoms with van der Waals surface area (Å²) < 4.78 is 0. The lowest BCUT2D eigenvalue weighted by atomic mass is 9.80. The predicted molar refractivity (Wildman–Crippen MR) is 160 cm³/mol. The molecule has 35 heavy (non-hydrogen) atoms. The second-order valence-corrected chi connectivity index (χ2v) is 12.6. The van der Waals surface area contributed by atoms with Gasteiger partial charge >= 0.3 is 0 Å². The van der Waals surface area contributed by atoms with Gasteiger partial charge in [-0.3, -0.25) is 0 Å². The monoisotopic (exact) mass is 485 g/mol. The van der Waals surface area contributed by atoms with Crippen molar-refractivity contribution in [1.29, 1.82) is 0 Å². The topological polar surface area (TPSA) is 0 Å². The average molecular weight is 485 g/mol. The predicted octanol–water partition coefficient (Wildman–Crippen LogP) is 11.7. The van der Waals surface area contributed by atoms with E-state index in [4.69, 9.17) is 0 Å². The molecule has 3 saturated carbocycles. The van der Waals surface area contributed by atoms with Crippen LogP contribution in [0.25, 0.3) is 0 Å². The van der Waals surface area contributed by atoms with Crippen LogP contribution in [0.3, 0.4) is 0 Å². The van der Waals surface area contributed by atoms with Crippen LogP contribution in [-0.2, 0) is 12.8 Å². The fourth-order valence-corrected chi connectivity index (χ4v) is 5.98. The molecule has 0 heterocycles. The minimum Gasteiger partial charge on any atom is -0.0651 e. The van der Waals surface area contributed by atoms with Crippen LogP contribution in [0.2, 0.25) is 0 Å². The minimum atomic E-state index is 1.02. The SMILES string of the molecule is CC1CCC(C)C1.CC1CCC(C)CC1.CCC1CCC(CC)CC1.CCc1ccc(CC)cc1. The first-order valence-corrected chi connectivity index (χ1v) is 15.9. The molecule has 0 saturated heterocycles. The van der Waals surface area contributed by atoms with Crippen molar-refractivity contribution in [1.82, 2.24) is 0 Å². The number of hydrogen-bond donors (Lipinski definition) is 0. The Kier molecular flexibility index (Phi) is 17.8. The Morgan fingerprint density at radius 1 is 0.457 bits per heavy atom. The van der Waals surface area contributed by atoms with Crippen molar-refractivity contribution in [3.8, 4) is 0 Å². The number of rotatable bonds is 4. The van der Waals surface area contributed by atoms with Gasteiger partial charge < -0.3 is 0 Å². The molecular formula is C35H64. The van der Waals surface area contributed by atoms with Gasteiger partial charge in [0, 0.05) is 0 Å². The van der Waals surface area contributed by atoms with Crippen molar-refractivity contribution in [2.45, 2.75) is 152 Å². The van der Waals surface area contributed by atoms with Crippen LogP contribution in [-0.4, -0.2) is 0 Å². The second kappa shape index (κ2) is 19.3. The van der Waals surface area contributed by atoms with E-state index in [-0.39, 0.29) is 0 Å². The third-order valence-corrected chi connectivity index (χ3v) is 9.22. The van der Waals surface area contributed by atoms with E-state index >= 15 is 0 Å². The fraction of sp³-hybridized carbons (Fsp3) is 0.829. The number of benzene rings is 1. The first kappa shape index (κ1) is 32.2. The second-order valence-electron chi connectivity index (χ2n) is 12.6. The molecular weight excluding hydrogens is 420 g/mol. The van der Waals surface area contributed by atoms with Crippen molar-refractivity contribution in [2.24, 2.45) is 35.5 Å². The molecule has 0 nitrogen and oxygen atoms in total. The van der Waals surface area contributed by atoms with Gasteiger partial charge in [0.25, 0.3) is 0 Å². The molecule has 3 fully saturated rings. The summed E-state index contributed by atoms with van der Waals surface area (Å²) in [6, 6.07) is 8.83. The lowest BCUT2D eigenvalue weighted by molar-refractivity contribution is 0.264. The molecule has 3 aliphatic rings. The molecule has 0 aliphatic heterocycles. The van der Waals surface area contributed by atoms with Gasteiger partial charge in [0.15, 0.2) is 0 Å². The highest BCUT2D eigenvalue weighted by Crippen LogP contribution is 2.32. The van der Waals surface area contributed by atoms with Crippen LogP contribution in [0.4, 0.5) is 0 Å². The van der Waals surface area contributed by atoms with Crippen LogP contribution in [0, 0.1) is 35.5 Å². The van der Waals surface area contributed by atoms with Gasteiger partial charge in [-0.25, -0.2) is 0 Å². The van der Waals surface area contributed by atoms with E-state index < -0.39 is 0 Å². The Morgan fingerprint density at radius 2 is 0.743 bits per heavy atom. The molecule has 0 aromatic heterocycles. The average Bonchev–Trinajstić information content (AvgIpc) is 3.29. The maximum Gasteiger partial charge on any atom is -0.0307 e. The Bertz CT molecular complexity index is 530. The highest BCUT2D eigenvalue weighted by molar-refractivity contribution is 5.22. The third-order valence-electron chi connectivity index (χ3n) is 9.22. The fourth-order valence-electron chi connectivity index (χ4n) is 5.98. The first-order chi connectivity index (χ1) is 16.8. The number of hydrogen-bond acceptors (Lipinski definition) is 0. The van der Waals surface area contributed by atoms with E-state index in [0.717, 1.165) is 48.3 Å². The summed E-state index contributed by atoms with van der Waals surface area (Å²) >= 11 is 0. The Hall–Kier alpha value is -0.780. The van der Waals surface area contributed by atoms with Gasteiger partial charge in [0.1, 0.15) is 0 Å². The quantitative estimate of drug-likeness (QED) is 0.398. The van der Waals surface area contributed by atoms with Crippen molar-refractivity contribution in [3.63, 3.8) is 0 Å². The Morgan fingerprint density at radius 3 is 0.943 bits per heavy atom. The van der Waals surface area contributed by atoms with Gasteiger partial charge in [0.05, 0.1) is 0 Å². The van der Waals surface area contributed by atoms with Crippen molar-refractivity contribution in [3.05, 3.63) is 35.4 Å². The van der Waals surface area contributed by atoms with Crippen LogP contribution in [0.5, 0.6) is 0 Å². The van der Waals surface area contributed by atoms with Crippen LogP contribution >= 0.6 is 0 Å². The lowest BCUT2D eigenvalue weighted by Gasteiger charge is -2.26. The number of aryl methyl sites for hydroxylation is 2. The van der Waals surface area contributed by atoms with E-state index in [9.17, 15) is 0 Å².